The molecule has 0 saturated carbocycles. The maximum atomic E-state index is 12.7. The van der Waals surface area contributed by atoms with E-state index in [4.69, 9.17) is 11.1 Å². The van der Waals surface area contributed by atoms with E-state index in [9.17, 15) is 8.42 Å². The lowest BCUT2D eigenvalue weighted by molar-refractivity contribution is 0.268. The Hall–Kier alpha value is -1.60. The van der Waals surface area contributed by atoms with Crippen molar-refractivity contribution in [2.75, 3.05) is 17.9 Å². The van der Waals surface area contributed by atoms with Crippen LogP contribution in [0.25, 0.3) is 0 Å². The summed E-state index contributed by atoms with van der Waals surface area (Å²) in [5.74, 6) is -0.0750. The Labute approximate surface area is 126 Å². The third kappa shape index (κ3) is 3.19. The van der Waals surface area contributed by atoms with Crippen molar-refractivity contribution in [1.29, 1.82) is 5.41 Å². The molecule has 1 aromatic rings. The lowest BCUT2D eigenvalue weighted by Gasteiger charge is -2.35. The normalized spacial score (nSPS) is 20.2. The highest BCUT2D eigenvalue weighted by Gasteiger charge is 2.33. The van der Waals surface area contributed by atoms with E-state index in [0.717, 1.165) is 19.3 Å². The summed E-state index contributed by atoms with van der Waals surface area (Å²) in [6.07, 6.45) is 2.85. The van der Waals surface area contributed by atoms with Crippen LogP contribution in [-0.2, 0) is 10.2 Å². The lowest BCUT2D eigenvalue weighted by Crippen LogP contribution is -2.48. The number of rotatable bonds is 4. The molecule has 1 aliphatic rings. The van der Waals surface area contributed by atoms with Crippen LogP contribution in [-0.4, -0.2) is 38.2 Å². The molecule has 1 aromatic carbocycles. The van der Waals surface area contributed by atoms with E-state index >= 15 is 0 Å². The minimum absolute atomic E-state index is 0.0159. The number of anilines is 1. The van der Waals surface area contributed by atoms with Gasteiger partial charge in [0.15, 0.2) is 0 Å². The van der Waals surface area contributed by atoms with E-state index in [0.29, 0.717) is 17.8 Å². The van der Waals surface area contributed by atoms with Crippen molar-refractivity contribution in [2.24, 2.45) is 5.73 Å². The minimum atomic E-state index is -3.55. The first-order valence-electron chi connectivity index (χ1n) is 7.04. The predicted octanol–water partition coefficient (Wildman–Crippen LogP) is 1.53. The number of nitrogens with two attached hydrogens (primary N) is 1. The summed E-state index contributed by atoms with van der Waals surface area (Å²) in [4.78, 5) is 0. The zero-order valence-corrected chi connectivity index (χ0v) is 13.2. The molecule has 1 fully saturated rings. The van der Waals surface area contributed by atoms with E-state index in [2.05, 4.69) is 0 Å². The average Bonchev–Trinajstić information content (AvgIpc) is 2.46. The first-order chi connectivity index (χ1) is 9.84. The molecule has 7 heteroatoms. The van der Waals surface area contributed by atoms with Gasteiger partial charge in [-0.15, -0.1) is 0 Å². The van der Waals surface area contributed by atoms with Gasteiger partial charge in [0, 0.05) is 25.2 Å². The molecular weight excluding hydrogens is 288 g/mol. The molecule has 1 saturated heterocycles. The Morgan fingerprint density at radius 1 is 1.43 bits per heavy atom. The third-order valence-electron chi connectivity index (χ3n) is 3.91. The zero-order chi connectivity index (χ0) is 15.6. The van der Waals surface area contributed by atoms with E-state index < -0.39 is 10.2 Å². The van der Waals surface area contributed by atoms with E-state index in [1.54, 1.807) is 28.6 Å². The molecule has 3 N–H and O–H groups in total. The molecule has 0 spiro atoms. The van der Waals surface area contributed by atoms with Crippen molar-refractivity contribution in [1.82, 2.24) is 4.31 Å². The highest BCUT2D eigenvalue weighted by Crippen LogP contribution is 2.25. The maximum Gasteiger partial charge on any atom is 0.304 e. The van der Waals surface area contributed by atoms with Crippen molar-refractivity contribution in [2.45, 2.75) is 32.2 Å². The molecule has 6 nitrogen and oxygen atoms in total. The number of amidine groups is 1. The van der Waals surface area contributed by atoms with Gasteiger partial charge in [-0.05, 0) is 31.9 Å². The fourth-order valence-corrected chi connectivity index (χ4v) is 4.19. The summed E-state index contributed by atoms with van der Waals surface area (Å²) in [6.45, 7) is 2.50. The Kier molecular flexibility index (Phi) is 4.53. The fourth-order valence-electron chi connectivity index (χ4n) is 2.57. The van der Waals surface area contributed by atoms with Crippen LogP contribution in [0.5, 0.6) is 0 Å². The van der Waals surface area contributed by atoms with Gasteiger partial charge in [-0.25, -0.2) is 0 Å². The number of nitrogens with one attached hydrogen (secondary N) is 1. The van der Waals surface area contributed by atoms with Crippen molar-refractivity contribution in [3.63, 3.8) is 0 Å². The molecular formula is C14H22N4O2S. The van der Waals surface area contributed by atoms with E-state index in [1.807, 2.05) is 6.92 Å². The van der Waals surface area contributed by atoms with Gasteiger partial charge in [-0.1, -0.05) is 18.6 Å². The number of hydrogen-bond donors (Lipinski definition) is 2. The molecule has 116 valence electrons. The molecule has 0 radical (unpaired) electrons. The molecule has 1 heterocycles. The second-order valence-electron chi connectivity index (χ2n) is 5.39. The average molecular weight is 310 g/mol. The standard InChI is InChI=1S/C14H22N4O2S/c1-11-6-3-4-9-18(11)21(19,20)17(2)13-8-5-7-12(10-13)14(15)16/h5,7-8,10-11H,3-4,6,9H2,1-2H3,(H3,15,16). The molecule has 0 aromatic heterocycles. The highest BCUT2D eigenvalue weighted by atomic mass is 32.2. The van der Waals surface area contributed by atoms with Crippen LogP contribution >= 0.6 is 0 Å². The van der Waals surface area contributed by atoms with Gasteiger partial charge in [0.25, 0.3) is 0 Å². The summed E-state index contributed by atoms with van der Waals surface area (Å²) in [5, 5.41) is 7.46. The van der Waals surface area contributed by atoms with Gasteiger partial charge in [-0.2, -0.15) is 12.7 Å². The number of nitrogens with zero attached hydrogens (tertiary/aromatic N) is 2. The zero-order valence-electron chi connectivity index (χ0n) is 12.4. The second-order valence-corrected chi connectivity index (χ2v) is 7.31. The van der Waals surface area contributed by atoms with Gasteiger partial charge in [0.2, 0.25) is 0 Å². The topological polar surface area (TPSA) is 90.5 Å². The van der Waals surface area contributed by atoms with Gasteiger partial charge in [0.1, 0.15) is 5.84 Å². The van der Waals surface area contributed by atoms with Crippen molar-refractivity contribution < 1.29 is 8.42 Å². The summed E-state index contributed by atoms with van der Waals surface area (Å²) >= 11 is 0. The number of hydrogen-bond acceptors (Lipinski definition) is 3. The molecule has 0 aliphatic carbocycles. The first-order valence-corrected chi connectivity index (χ1v) is 8.44. The molecule has 2 rings (SSSR count). The van der Waals surface area contributed by atoms with Gasteiger partial charge in [0.05, 0.1) is 5.69 Å². The highest BCUT2D eigenvalue weighted by molar-refractivity contribution is 7.90. The lowest BCUT2D eigenvalue weighted by atomic mass is 10.1. The second kappa shape index (κ2) is 6.03. The molecule has 0 bridgehead atoms. The van der Waals surface area contributed by atoms with Gasteiger partial charge < -0.3 is 5.73 Å². The number of benzene rings is 1. The quantitative estimate of drug-likeness (QED) is 0.652. The van der Waals surface area contributed by atoms with Gasteiger partial charge >= 0.3 is 10.2 Å². The summed E-state index contributed by atoms with van der Waals surface area (Å²) in [7, 11) is -2.01. The fraction of sp³-hybridized carbons (Fsp3) is 0.500. The van der Waals surface area contributed by atoms with Crippen LogP contribution in [0.3, 0.4) is 0 Å². The minimum Gasteiger partial charge on any atom is -0.384 e. The van der Waals surface area contributed by atoms with Crippen LogP contribution in [0.15, 0.2) is 24.3 Å². The Morgan fingerprint density at radius 3 is 2.76 bits per heavy atom. The van der Waals surface area contributed by atoms with Crippen LogP contribution in [0, 0.1) is 5.41 Å². The largest absolute Gasteiger partial charge is 0.384 e. The van der Waals surface area contributed by atoms with Crippen LogP contribution < -0.4 is 10.0 Å². The maximum absolute atomic E-state index is 12.7. The monoisotopic (exact) mass is 310 g/mol. The van der Waals surface area contributed by atoms with E-state index in [-0.39, 0.29) is 11.9 Å². The molecule has 1 atom stereocenters. The van der Waals surface area contributed by atoms with Crippen molar-refractivity contribution in [3.8, 4) is 0 Å². The summed E-state index contributed by atoms with van der Waals surface area (Å²) < 4.78 is 28.3. The summed E-state index contributed by atoms with van der Waals surface area (Å²) in [6, 6.07) is 6.74. The van der Waals surface area contributed by atoms with Crippen LogP contribution in [0.4, 0.5) is 5.69 Å². The Balaban J connectivity index is 2.31. The van der Waals surface area contributed by atoms with Crippen LogP contribution in [0.1, 0.15) is 31.7 Å². The van der Waals surface area contributed by atoms with Crippen molar-refractivity contribution in [3.05, 3.63) is 29.8 Å². The number of piperidine rings is 1. The molecule has 21 heavy (non-hydrogen) atoms. The SMILES string of the molecule is CC1CCCCN1S(=O)(=O)N(C)c1cccc(C(=N)N)c1. The number of nitrogen functional groups attached to an aromatic ring is 1. The molecule has 0 amide bonds. The predicted molar refractivity (Wildman–Crippen MR) is 84.8 cm³/mol. The Bertz CT molecular complexity index is 630. The molecule has 1 unspecified atom stereocenters. The molecule has 1 aliphatic heterocycles. The first kappa shape index (κ1) is 15.8. The Morgan fingerprint density at radius 2 is 2.14 bits per heavy atom. The van der Waals surface area contributed by atoms with Crippen molar-refractivity contribution >= 4 is 21.7 Å². The van der Waals surface area contributed by atoms with Gasteiger partial charge in [-0.3, -0.25) is 9.71 Å². The van der Waals surface area contributed by atoms with E-state index in [1.165, 1.54) is 11.4 Å². The summed E-state index contributed by atoms with van der Waals surface area (Å²) in [5.41, 5.74) is 6.49. The van der Waals surface area contributed by atoms with Crippen LogP contribution in [0.2, 0.25) is 0 Å². The third-order valence-corrected chi connectivity index (χ3v) is 5.94. The smallest absolute Gasteiger partial charge is 0.304 e.